The van der Waals surface area contributed by atoms with Gasteiger partial charge in [-0.2, -0.15) is 4.98 Å². The molecule has 4 aromatic rings. The predicted molar refractivity (Wildman–Crippen MR) is 139 cm³/mol. The van der Waals surface area contributed by atoms with Crippen LogP contribution in [0.1, 0.15) is 25.0 Å². The quantitative estimate of drug-likeness (QED) is 0.294. The first-order valence-corrected chi connectivity index (χ1v) is 11.0. The Morgan fingerprint density at radius 3 is 2.51 bits per heavy atom. The molecule has 3 N–H and O–H groups in total. The van der Waals surface area contributed by atoms with Crippen LogP contribution in [0.25, 0.3) is 17.3 Å². The maximum atomic E-state index is 14.9. The van der Waals surface area contributed by atoms with Gasteiger partial charge in [0.05, 0.1) is 5.69 Å². The molecule has 35 heavy (non-hydrogen) atoms. The summed E-state index contributed by atoms with van der Waals surface area (Å²) in [5.74, 6) is 0.716. The Bertz CT molecular complexity index is 1310. The molecule has 8 heteroatoms. The molecule has 0 amide bonds. The van der Waals surface area contributed by atoms with Gasteiger partial charge in [0.1, 0.15) is 17.9 Å². The highest BCUT2D eigenvalue weighted by Crippen LogP contribution is 2.32. The van der Waals surface area contributed by atoms with Crippen molar-refractivity contribution in [3.8, 4) is 22.8 Å². The van der Waals surface area contributed by atoms with Crippen molar-refractivity contribution in [1.29, 1.82) is 0 Å². The van der Waals surface area contributed by atoms with Crippen LogP contribution in [-0.2, 0) is 6.42 Å². The third kappa shape index (κ3) is 6.26. The van der Waals surface area contributed by atoms with E-state index in [0.717, 1.165) is 17.5 Å². The number of aryl methyl sites for hydroxylation is 1. The Morgan fingerprint density at radius 2 is 1.83 bits per heavy atom. The van der Waals surface area contributed by atoms with E-state index in [1.54, 1.807) is 30.6 Å². The molecule has 0 aliphatic carbocycles. The largest absolute Gasteiger partial charge is 0.454 e. The van der Waals surface area contributed by atoms with Gasteiger partial charge in [0.15, 0.2) is 11.6 Å². The van der Waals surface area contributed by atoms with Crippen LogP contribution in [0.2, 0.25) is 0 Å². The van der Waals surface area contributed by atoms with E-state index >= 15 is 0 Å². The molecule has 0 fully saturated rings. The second-order valence-electron chi connectivity index (χ2n) is 7.18. The van der Waals surface area contributed by atoms with E-state index in [-0.39, 0.29) is 11.7 Å². The van der Waals surface area contributed by atoms with E-state index in [0.29, 0.717) is 28.5 Å². The molecule has 4 rings (SSSR count). The molecular weight excluding hydrogens is 443 g/mol. The number of rotatable bonds is 7. The molecule has 0 unspecified atom stereocenters. The maximum Gasteiger partial charge on any atom is 0.222 e. The van der Waals surface area contributed by atoms with Gasteiger partial charge in [-0.3, -0.25) is 0 Å². The number of aromatic nitrogens is 4. The zero-order chi connectivity index (χ0) is 25.2. The summed E-state index contributed by atoms with van der Waals surface area (Å²) in [6, 6.07) is 12.1. The van der Waals surface area contributed by atoms with Crippen molar-refractivity contribution >= 4 is 23.5 Å². The molecule has 178 valence electrons. The molecule has 0 aliphatic heterocycles. The average molecular weight is 471 g/mol. The molecule has 0 saturated heterocycles. The number of nitrogens with one attached hydrogen (secondary N) is 1. The molecule has 0 atom stereocenters. The number of allylic oxidation sites excluding steroid dienone is 1. The first kappa shape index (κ1) is 25.0. The van der Waals surface area contributed by atoms with Gasteiger partial charge in [0, 0.05) is 41.3 Å². The van der Waals surface area contributed by atoms with Gasteiger partial charge in [-0.05, 0) is 37.1 Å². The number of nitrogens with zero attached hydrogens (tertiary/aromatic N) is 4. The van der Waals surface area contributed by atoms with Crippen LogP contribution in [0, 0.1) is 5.82 Å². The monoisotopic (exact) mass is 470 g/mol. The second kappa shape index (κ2) is 12.0. The lowest BCUT2D eigenvalue weighted by Gasteiger charge is -2.14. The van der Waals surface area contributed by atoms with Crippen molar-refractivity contribution in [1.82, 2.24) is 19.9 Å². The molecular formula is C27H27FN6O. The van der Waals surface area contributed by atoms with Crippen LogP contribution >= 0.6 is 0 Å². The zero-order valence-electron chi connectivity index (χ0n) is 19.7. The third-order valence-corrected chi connectivity index (χ3v) is 4.89. The number of anilines is 3. The zero-order valence-corrected chi connectivity index (χ0v) is 19.7. The molecule has 2 aromatic carbocycles. The number of ether oxygens (including phenoxy) is 1. The first-order chi connectivity index (χ1) is 17.1. The van der Waals surface area contributed by atoms with Crippen molar-refractivity contribution in [3.63, 3.8) is 0 Å². The SMILES string of the molecule is C/C=C\c1c(CC)cccc1Oc1ccc(Nc2cc(-c3cncnc3)nc(N)n2)cc1F.C=C. The first-order valence-electron chi connectivity index (χ1n) is 11.0. The van der Waals surface area contributed by atoms with Gasteiger partial charge in [0.2, 0.25) is 5.95 Å². The summed E-state index contributed by atoms with van der Waals surface area (Å²) in [6.07, 6.45) is 9.44. The summed E-state index contributed by atoms with van der Waals surface area (Å²) >= 11 is 0. The van der Waals surface area contributed by atoms with E-state index in [1.165, 1.54) is 12.4 Å². The summed E-state index contributed by atoms with van der Waals surface area (Å²) in [6.45, 7) is 10.0. The summed E-state index contributed by atoms with van der Waals surface area (Å²) in [5.41, 5.74) is 9.66. The van der Waals surface area contributed by atoms with Crippen LogP contribution < -0.4 is 15.8 Å². The van der Waals surface area contributed by atoms with E-state index in [1.807, 2.05) is 37.3 Å². The van der Waals surface area contributed by atoms with Crippen LogP contribution in [-0.4, -0.2) is 19.9 Å². The fourth-order valence-corrected chi connectivity index (χ4v) is 3.38. The number of benzene rings is 2. The maximum absolute atomic E-state index is 14.9. The minimum Gasteiger partial charge on any atom is -0.454 e. The van der Waals surface area contributed by atoms with E-state index < -0.39 is 5.82 Å². The predicted octanol–water partition coefficient (Wildman–Crippen LogP) is 6.59. The van der Waals surface area contributed by atoms with Gasteiger partial charge in [0.25, 0.3) is 0 Å². The minimum atomic E-state index is -0.507. The Morgan fingerprint density at radius 1 is 1.06 bits per heavy atom. The lowest BCUT2D eigenvalue weighted by Crippen LogP contribution is -2.02. The van der Waals surface area contributed by atoms with E-state index in [9.17, 15) is 4.39 Å². The molecule has 0 spiro atoms. The number of hydrogen-bond acceptors (Lipinski definition) is 7. The molecule has 0 radical (unpaired) electrons. The van der Waals surface area contributed by atoms with E-state index in [2.05, 4.69) is 45.3 Å². The smallest absolute Gasteiger partial charge is 0.222 e. The lowest BCUT2D eigenvalue weighted by atomic mass is 10.0. The fraction of sp³-hybridized carbons (Fsp3) is 0.111. The van der Waals surface area contributed by atoms with Gasteiger partial charge in [-0.15, -0.1) is 13.2 Å². The topological polar surface area (TPSA) is 98.8 Å². The van der Waals surface area contributed by atoms with Crippen LogP contribution in [0.4, 0.5) is 21.8 Å². The van der Waals surface area contributed by atoms with Crippen molar-refractivity contribution in [2.75, 3.05) is 11.1 Å². The molecule has 0 aliphatic rings. The molecule has 0 saturated carbocycles. The highest BCUT2D eigenvalue weighted by atomic mass is 19.1. The van der Waals surface area contributed by atoms with Crippen molar-refractivity contribution in [2.45, 2.75) is 20.3 Å². The second-order valence-corrected chi connectivity index (χ2v) is 7.18. The van der Waals surface area contributed by atoms with Gasteiger partial charge >= 0.3 is 0 Å². The van der Waals surface area contributed by atoms with Gasteiger partial charge in [-0.25, -0.2) is 19.3 Å². The molecule has 7 nitrogen and oxygen atoms in total. The van der Waals surface area contributed by atoms with Crippen molar-refractivity contribution in [3.05, 3.63) is 97.4 Å². The van der Waals surface area contributed by atoms with Crippen LogP contribution in [0.3, 0.4) is 0 Å². The fourth-order valence-electron chi connectivity index (χ4n) is 3.38. The van der Waals surface area contributed by atoms with Crippen molar-refractivity contribution in [2.24, 2.45) is 0 Å². The highest BCUT2D eigenvalue weighted by molar-refractivity contribution is 5.67. The number of nitrogen functional groups attached to an aromatic ring is 1. The van der Waals surface area contributed by atoms with Crippen LogP contribution in [0.5, 0.6) is 11.5 Å². The standard InChI is InChI=1S/C25H23FN6O.C2H4/c1-3-6-19-16(4-2)7-5-8-22(19)33-23-10-9-18(11-20(23)26)30-24-12-21(31-25(27)32-24)17-13-28-15-29-14-17;1-2/h3,5-15H,4H2,1-2H3,(H3,27,30,31,32);1-2H2/b6-3-;. The number of nitrogens with two attached hydrogens (primary N) is 1. The Labute approximate surface area is 204 Å². The third-order valence-electron chi connectivity index (χ3n) is 4.89. The lowest BCUT2D eigenvalue weighted by molar-refractivity contribution is 0.441. The summed E-state index contributed by atoms with van der Waals surface area (Å²) in [5, 5.41) is 3.06. The summed E-state index contributed by atoms with van der Waals surface area (Å²) < 4.78 is 20.8. The molecule has 2 aromatic heterocycles. The van der Waals surface area contributed by atoms with Crippen molar-refractivity contribution < 1.29 is 9.13 Å². The number of hydrogen-bond donors (Lipinski definition) is 2. The van der Waals surface area contributed by atoms with Gasteiger partial charge in [-0.1, -0.05) is 31.2 Å². The molecule has 0 bridgehead atoms. The van der Waals surface area contributed by atoms with Gasteiger partial charge < -0.3 is 15.8 Å². The Hall–Kier alpha value is -4.59. The number of halogens is 1. The minimum absolute atomic E-state index is 0.0755. The molecule has 2 heterocycles. The average Bonchev–Trinajstić information content (AvgIpc) is 2.88. The Kier molecular flexibility index (Phi) is 8.61. The highest BCUT2D eigenvalue weighted by Gasteiger charge is 2.12. The normalized spacial score (nSPS) is 10.5. The van der Waals surface area contributed by atoms with Crippen LogP contribution in [0.15, 0.2) is 80.4 Å². The van der Waals surface area contributed by atoms with E-state index in [4.69, 9.17) is 10.5 Å². The Balaban J connectivity index is 0.00000167. The summed E-state index contributed by atoms with van der Waals surface area (Å²) in [7, 11) is 0. The summed E-state index contributed by atoms with van der Waals surface area (Å²) in [4.78, 5) is 16.4.